The molecule has 0 amide bonds. The van der Waals surface area contributed by atoms with Crippen LogP contribution in [-0.4, -0.2) is 36.8 Å². The summed E-state index contributed by atoms with van der Waals surface area (Å²) in [5.41, 5.74) is 0.999. The zero-order valence-corrected chi connectivity index (χ0v) is 13.0. The van der Waals surface area contributed by atoms with Crippen LogP contribution in [0.4, 0.5) is 0 Å². The fourth-order valence-corrected chi connectivity index (χ4v) is 3.83. The molecule has 112 valence electrons. The van der Waals surface area contributed by atoms with Gasteiger partial charge in [0.05, 0.1) is 0 Å². The lowest BCUT2D eigenvalue weighted by molar-refractivity contribution is 0.401. The number of aromatic nitrogens is 1. The SMILES string of the molecule is CCCN(C1CC1)S(=O)(=O)c1ccc(CNCC)cn1. The molecule has 6 heteroatoms. The monoisotopic (exact) mass is 297 g/mol. The zero-order valence-electron chi connectivity index (χ0n) is 12.2. The minimum atomic E-state index is -3.44. The molecule has 20 heavy (non-hydrogen) atoms. The molecule has 1 aromatic heterocycles. The molecule has 0 aliphatic heterocycles. The number of nitrogens with one attached hydrogen (secondary N) is 1. The van der Waals surface area contributed by atoms with Gasteiger partial charge in [0.15, 0.2) is 5.03 Å². The van der Waals surface area contributed by atoms with Crippen LogP contribution in [0.1, 0.15) is 38.7 Å². The van der Waals surface area contributed by atoms with Gasteiger partial charge in [-0.1, -0.05) is 19.9 Å². The summed E-state index contributed by atoms with van der Waals surface area (Å²) in [5, 5.41) is 3.36. The van der Waals surface area contributed by atoms with Crippen LogP contribution in [0.5, 0.6) is 0 Å². The summed E-state index contributed by atoms with van der Waals surface area (Å²) in [4.78, 5) is 4.15. The summed E-state index contributed by atoms with van der Waals surface area (Å²) in [6, 6.07) is 3.63. The fraction of sp³-hybridized carbons (Fsp3) is 0.643. The molecule has 0 unspecified atom stereocenters. The van der Waals surface area contributed by atoms with E-state index in [2.05, 4.69) is 10.3 Å². The summed E-state index contributed by atoms with van der Waals surface area (Å²) in [6.07, 6.45) is 4.41. The van der Waals surface area contributed by atoms with Gasteiger partial charge in [-0.3, -0.25) is 0 Å². The van der Waals surface area contributed by atoms with Crippen molar-refractivity contribution in [2.24, 2.45) is 0 Å². The molecule has 2 rings (SSSR count). The van der Waals surface area contributed by atoms with Gasteiger partial charge >= 0.3 is 0 Å². The molecule has 0 aromatic carbocycles. The molecule has 0 atom stereocenters. The molecular formula is C14H23N3O2S. The summed E-state index contributed by atoms with van der Waals surface area (Å²) < 4.78 is 26.8. The molecule has 1 aliphatic carbocycles. The van der Waals surface area contributed by atoms with E-state index in [9.17, 15) is 8.42 Å². The maximum absolute atomic E-state index is 12.6. The minimum Gasteiger partial charge on any atom is -0.313 e. The van der Waals surface area contributed by atoms with Crippen molar-refractivity contribution in [2.45, 2.75) is 50.7 Å². The van der Waals surface area contributed by atoms with Gasteiger partial charge in [-0.25, -0.2) is 13.4 Å². The summed E-state index contributed by atoms with van der Waals surface area (Å²) >= 11 is 0. The number of nitrogens with zero attached hydrogens (tertiary/aromatic N) is 2. The Morgan fingerprint density at radius 1 is 1.35 bits per heavy atom. The molecule has 0 radical (unpaired) electrons. The van der Waals surface area contributed by atoms with Gasteiger partial charge in [0.1, 0.15) is 0 Å². The van der Waals surface area contributed by atoms with Crippen LogP contribution in [-0.2, 0) is 16.6 Å². The van der Waals surface area contributed by atoms with E-state index in [0.29, 0.717) is 13.1 Å². The van der Waals surface area contributed by atoms with E-state index in [1.54, 1.807) is 16.6 Å². The Kier molecular flexibility index (Phi) is 5.12. The molecule has 1 heterocycles. The van der Waals surface area contributed by atoms with Gasteiger partial charge in [-0.15, -0.1) is 0 Å². The molecule has 1 saturated carbocycles. The highest BCUT2D eigenvalue weighted by atomic mass is 32.2. The molecule has 1 N–H and O–H groups in total. The highest BCUT2D eigenvalue weighted by Gasteiger charge is 2.37. The number of rotatable bonds is 8. The number of sulfonamides is 1. The Balaban J connectivity index is 2.15. The highest BCUT2D eigenvalue weighted by Crippen LogP contribution is 2.31. The van der Waals surface area contributed by atoms with E-state index in [1.165, 1.54) is 0 Å². The Morgan fingerprint density at radius 3 is 2.60 bits per heavy atom. The molecule has 0 spiro atoms. The summed E-state index contributed by atoms with van der Waals surface area (Å²) in [5.74, 6) is 0. The van der Waals surface area contributed by atoms with Crippen molar-refractivity contribution in [3.63, 3.8) is 0 Å². The molecular weight excluding hydrogens is 274 g/mol. The van der Waals surface area contributed by atoms with Gasteiger partial charge in [0, 0.05) is 25.3 Å². The van der Waals surface area contributed by atoms with Crippen LogP contribution in [0.3, 0.4) is 0 Å². The smallest absolute Gasteiger partial charge is 0.260 e. The highest BCUT2D eigenvalue weighted by molar-refractivity contribution is 7.89. The maximum Gasteiger partial charge on any atom is 0.260 e. The van der Waals surface area contributed by atoms with Crippen LogP contribution in [0.25, 0.3) is 0 Å². The standard InChI is InChI=1S/C14H23N3O2S/c1-3-9-17(13-6-7-13)20(18,19)14-8-5-12(11-16-14)10-15-4-2/h5,8,11,13,15H,3-4,6-7,9-10H2,1-2H3. The predicted molar refractivity (Wildman–Crippen MR) is 78.8 cm³/mol. The summed E-state index contributed by atoms with van der Waals surface area (Å²) in [6.45, 7) is 6.20. The van der Waals surface area contributed by atoms with Gasteiger partial charge in [-0.05, 0) is 37.4 Å². The van der Waals surface area contributed by atoms with Crippen molar-refractivity contribution in [3.8, 4) is 0 Å². The lowest BCUT2D eigenvalue weighted by Crippen LogP contribution is -2.34. The largest absolute Gasteiger partial charge is 0.313 e. The average Bonchev–Trinajstić information content (AvgIpc) is 3.27. The second kappa shape index (κ2) is 6.65. The first-order valence-electron chi connectivity index (χ1n) is 7.27. The maximum atomic E-state index is 12.6. The van der Waals surface area contributed by atoms with Crippen molar-refractivity contribution >= 4 is 10.0 Å². The second-order valence-electron chi connectivity index (χ2n) is 5.13. The normalized spacial score (nSPS) is 15.8. The number of hydrogen-bond acceptors (Lipinski definition) is 4. The van der Waals surface area contributed by atoms with E-state index in [0.717, 1.165) is 31.4 Å². The predicted octanol–water partition coefficient (Wildman–Crippen LogP) is 1.75. The van der Waals surface area contributed by atoms with Crippen LogP contribution in [0, 0.1) is 0 Å². The first kappa shape index (κ1) is 15.4. The van der Waals surface area contributed by atoms with E-state index in [4.69, 9.17) is 0 Å². The molecule has 0 bridgehead atoms. The van der Waals surface area contributed by atoms with Gasteiger partial charge < -0.3 is 5.32 Å². The van der Waals surface area contributed by atoms with Crippen molar-refractivity contribution < 1.29 is 8.42 Å². The van der Waals surface area contributed by atoms with Crippen molar-refractivity contribution in [3.05, 3.63) is 23.9 Å². The van der Waals surface area contributed by atoms with Crippen molar-refractivity contribution in [1.29, 1.82) is 0 Å². The average molecular weight is 297 g/mol. The van der Waals surface area contributed by atoms with Crippen LogP contribution >= 0.6 is 0 Å². The van der Waals surface area contributed by atoms with Gasteiger partial charge in [0.2, 0.25) is 0 Å². The Morgan fingerprint density at radius 2 is 2.10 bits per heavy atom. The van der Waals surface area contributed by atoms with E-state index < -0.39 is 10.0 Å². The van der Waals surface area contributed by atoms with Crippen molar-refractivity contribution in [1.82, 2.24) is 14.6 Å². The van der Waals surface area contributed by atoms with Crippen LogP contribution < -0.4 is 5.32 Å². The lowest BCUT2D eigenvalue weighted by atomic mass is 10.3. The third-order valence-electron chi connectivity index (χ3n) is 3.35. The summed E-state index contributed by atoms with van der Waals surface area (Å²) in [7, 11) is -3.44. The first-order valence-corrected chi connectivity index (χ1v) is 8.71. The molecule has 1 aromatic rings. The Hall–Kier alpha value is -0.980. The quantitative estimate of drug-likeness (QED) is 0.794. The minimum absolute atomic E-state index is 0.165. The van der Waals surface area contributed by atoms with E-state index in [-0.39, 0.29) is 11.1 Å². The lowest BCUT2D eigenvalue weighted by Gasteiger charge is -2.20. The first-order chi connectivity index (χ1) is 9.59. The van der Waals surface area contributed by atoms with Gasteiger partial charge in [-0.2, -0.15) is 4.31 Å². The van der Waals surface area contributed by atoms with Crippen LogP contribution in [0.15, 0.2) is 23.4 Å². The molecule has 1 fully saturated rings. The fourth-order valence-electron chi connectivity index (χ4n) is 2.14. The second-order valence-corrected chi connectivity index (χ2v) is 6.97. The Labute approximate surface area is 121 Å². The third kappa shape index (κ3) is 3.56. The molecule has 0 saturated heterocycles. The Bertz CT molecular complexity index is 524. The third-order valence-corrected chi connectivity index (χ3v) is 5.22. The van der Waals surface area contributed by atoms with E-state index in [1.807, 2.05) is 19.9 Å². The van der Waals surface area contributed by atoms with Crippen LogP contribution in [0.2, 0.25) is 0 Å². The zero-order chi connectivity index (χ0) is 14.6. The number of hydrogen-bond donors (Lipinski definition) is 1. The molecule has 1 aliphatic rings. The van der Waals surface area contributed by atoms with E-state index >= 15 is 0 Å². The number of pyridine rings is 1. The topological polar surface area (TPSA) is 62.3 Å². The van der Waals surface area contributed by atoms with Gasteiger partial charge in [0.25, 0.3) is 10.0 Å². The van der Waals surface area contributed by atoms with Crippen molar-refractivity contribution in [2.75, 3.05) is 13.1 Å². The molecule has 5 nitrogen and oxygen atoms in total.